The number of amides is 1. The van der Waals surface area contributed by atoms with Crippen molar-refractivity contribution in [3.63, 3.8) is 0 Å². The third-order valence-corrected chi connectivity index (χ3v) is 0.650. The number of hydrogen-bond acceptors (Lipinski definition) is 1. The highest BCUT2D eigenvalue weighted by Gasteiger charge is 1.96. The molecule has 3 nitrogen and oxygen atoms in total. The van der Waals surface area contributed by atoms with E-state index in [-0.39, 0.29) is 12.5 Å². The zero-order valence-electron chi connectivity index (χ0n) is 4.56. The fourth-order valence-corrected chi connectivity index (χ4v) is 0.158. The molecule has 0 unspecified atom stereocenters. The lowest BCUT2D eigenvalue weighted by Gasteiger charge is -2.05. The highest BCUT2D eigenvalue weighted by Crippen LogP contribution is 1.71. The Balaban J connectivity index is 3.35. The summed E-state index contributed by atoms with van der Waals surface area (Å²) in [6.45, 7) is -0.146. The van der Waals surface area contributed by atoms with E-state index >= 15 is 0 Å². The van der Waals surface area contributed by atoms with E-state index in [2.05, 4.69) is 0 Å². The molecule has 0 aliphatic heterocycles. The molecule has 7 heavy (non-hydrogen) atoms. The monoisotopic (exact) mass is 101 g/mol. The quantitative estimate of drug-likeness (QED) is 0.433. The first-order valence-electron chi connectivity index (χ1n) is 2.03. The van der Waals surface area contributed by atoms with Gasteiger partial charge in [0.2, 0.25) is 5.91 Å². The lowest BCUT2D eigenvalue weighted by molar-refractivity contribution is -0.127. The Morgan fingerprint density at radius 3 is 2.14 bits per heavy atom. The first kappa shape index (κ1) is 6.43. The van der Waals surface area contributed by atoms with Gasteiger partial charge in [-0.1, -0.05) is 0 Å². The molecule has 1 N–H and O–H groups in total. The summed E-state index contributed by atoms with van der Waals surface area (Å²) >= 11 is 0. The van der Waals surface area contributed by atoms with Crippen molar-refractivity contribution in [1.82, 2.24) is 10.6 Å². The van der Waals surface area contributed by atoms with Gasteiger partial charge in [0.1, 0.15) is 0 Å². The van der Waals surface area contributed by atoms with Crippen molar-refractivity contribution in [2.45, 2.75) is 0 Å². The van der Waals surface area contributed by atoms with Gasteiger partial charge >= 0.3 is 0 Å². The Morgan fingerprint density at radius 1 is 1.71 bits per heavy atom. The molecular weight excluding hydrogens is 92.1 g/mol. The van der Waals surface area contributed by atoms with E-state index in [0.717, 1.165) is 0 Å². The molecule has 0 bridgehead atoms. The van der Waals surface area contributed by atoms with Gasteiger partial charge in [0.05, 0.1) is 6.54 Å². The minimum Gasteiger partial charge on any atom is -0.348 e. The normalized spacial score (nSPS) is 8.43. The summed E-state index contributed by atoms with van der Waals surface area (Å²) in [5, 5.41) is 0. The van der Waals surface area contributed by atoms with Gasteiger partial charge in [0.25, 0.3) is 0 Å². The molecule has 0 aromatic rings. The lowest BCUT2D eigenvalue weighted by Crippen LogP contribution is -2.25. The van der Waals surface area contributed by atoms with Crippen molar-refractivity contribution in [1.29, 1.82) is 0 Å². The summed E-state index contributed by atoms with van der Waals surface area (Å²) in [7, 11) is 3.27. The smallest absolute Gasteiger partial charge is 0.237 e. The Bertz CT molecular complexity index is 70.1. The second-order valence-corrected chi connectivity index (χ2v) is 1.46. The van der Waals surface area contributed by atoms with Crippen LogP contribution in [0.15, 0.2) is 0 Å². The molecule has 0 heterocycles. The van der Waals surface area contributed by atoms with E-state index in [1.807, 2.05) is 0 Å². The predicted molar refractivity (Wildman–Crippen MR) is 26.7 cm³/mol. The van der Waals surface area contributed by atoms with Crippen LogP contribution in [0.2, 0.25) is 0 Å². The van der Waals surface area contributed by atoms with Gasteiger partial charge in [0, 0.05) is 14.1 Å². The second-order valence-electron chi connectivity index (χ2n) is 1.46. The number of carbonyl (C=O) groups excluding carboxylic acids is 1. The van der Waals surface area contributed by atoms with Crippen LogP contribution in [-0.4, -0.2) is 31.4 Å². The van der Waals surface area contributed by atoms with Crippen molar-refractivity contribution in [3.8, 4) is 0 Å². The number of hydrogen-bond donors (Lipinski definition) is 0. The fourth-order valence-electron chi connectivity index (χ4n) is 0.158. The lowest BCUT2D eigenvalue weighted by atomic mass is 10.6. The average molecular weight is 101 g/mol. The van der Waals surface area contributed by atoms with Crippen molar-refractivity contribution >= 4 is 5.91 Å². The number of rotatable bonds is 1. The fraction of sp³-hybridized carbons (Fsp3) is 0.750. The Hall–Kier alpha value is -0.570. The van der Waals surface area contributed by atoms with Crippen LogP contribution in [-0.2, 0) is 4.79 Å². The van der Waals surface area contributed by atoms with Crippen molar-refractivity contribution in [2.75, 3.05) is 20.6 Å². The van der Waals surface area contributed by atoms with Crippen molar-refractivity contribution in [3.05, 3.63) is 0 Å². The van der Waals surface area contributed by atoms with Gasteiger partial charge in [-0.3, -0.25) is 4.79 Å². The van der Waals surface area contributed by atoms with Gasteiger partial charge < -0.3 is 4.90 Å². The van der Waals surface area contributed by atoms with Gasteiger partial charge in [-0.15, -0.1) is 0 Å². The highest BCUT2D eigenvalue weighted by atomic mass is 16.2. The summed E-state index contributed by atoms with van der Waals surface area (Å²) in [6.07, 6.45) is 0. The molecule has 0 saturated carbocycles. The van der Waals surface area contributed by atoms with E-state index in [1.54, 1.807) is 14.1 Å². The molecule has 0 aliphatic rings. The number of nitrogens with one attached hydrogen (secondary N) is 1. The summed E-state index contributed by atoms with van der Waals surface area (Å²) in [5.74, 6) is -0.153. The minimum absolute atomic E-state index is 0.146. The van der Waals surface area contributed by atoms with E-state index in [0.29, 0.717) is 0 Å². The van der Waals surface area contributed by atoms with Crippen LogP contribution < -0.4 is 5.73 Å². The standard InChI is InChI=1S/C4H9N2O/c1-6(2)4(7)3-5/h5H,3H2,1-2H3. The Morgan fingerprint density at radius 2 is 2.14 bits per heavy atom. The maximum absolute atomic E-state index is 10.2. The van der Waals surface area contributed by atoms with E-state index in [1.165, 1.54) is 4.90 Å². The number of likely N-dealkylation sites (N-methyl/N-ethyl adjacent to an activating group) is 1. The molecule has 0 aromatic carbocycles. The SMILES string of the molecule is CN(C)C(=O)C[NH]. The van der Waals surface area contributed by atoms with Gasteiger partial charge in [-0.25, -0.2) is 5.73 Å². The first-order valence-corrected chi connectivity index (χ1v) is 2.03. The summed E-state index contributed by atoms with van der Waals surface area (Å²) < 4.78 is 0. The third kappa shape index (κ3) is 2.17. The molecule has 3 heteroatoms. The molecular formula is C4H9N2O. The first-order chi connectivity index (χ1) is 3.18. The van der Waals surface area contributed by atoms with Gasteiger partial charge in [-0.2, -0.15) is 0 Å². The van der Waals surface area contributed by atoms with Crippen LogP contribution in [0.4, 0.5) is 0 Å². The van der Waals surface area contributed by atoms with Crippen LogP contribution in [0.25, 0.3) is 0 Å². The zero-order chi connectivity index (χ0) is 5.86. The van der Waals surface area contributed by atoms with Crippen LogP contribution in [0.5, 0.6) is 0 Å². The Kier molecular flexibility index (Phi) is 2.37. The molecule has 0 atom stereocenters. The van der Waals surface area contributed by atoms with Crippen molar-refractivity contribution < 1.29 is 4.79 Å². The molecule has 0 rings (SSSR count). The average Bonchev–Trinajstić information content (AvgIpc) is 1.65. The maximum Gasteiger partial charge on any atom is 0.237 e. The highest BCUT2D eigenvalue weighted by molar-refractivity contribution is 5.77. The van der Waals surface area contributed by atoms with E-state index in [4.69, 9.17) is 5.73 Å². The van der Waals surface area contributed by atoms with Gasteiger partial charge in [-0.05, 0) is 0 Å². The molecule has 0 spiro atoms. The number of carbonyl (C=O) groups is 1. The van der Waals surface area contributed by atoms with E-state index < -0.39 is 0 Å². The summed E-state index contributed by atoms with van der Waals surface area (Å²) in [5.41, 5.74) is 6.55. The van der Waals surface area contributed by atoms with Crippen LogP contribution in [0.1, 0.15) is 0 Å². The Labute approximate surface area is 43.1 Å². The topological polar surface area (TPSA) is 44.1 Å². The molecule has 1 radical (unpaired) electrons. The molecule has 1 amide bonds. The van der Waals surface area contributed by atoms with E-state index in [9.17, 15) is 4.79 Å². The largest absolute Gasteiger partial charge is 0.348 e. The maximum atomic E-state index is 10.2. The summed E-state index contributed by atoms with van der Waals surface area (Å²) in [6, 6.07) is 0. The van der Waals surface area contributed by atoms with Crippen LogP contribution in [0.3, 0.4) is 0 Å². The molecule has 0 fully saturated rings. The minimum atomic E-state index is -0.153. The summed E-state index contributed by atoms with van der Waals surface area (Å²) in [4.78, 5) is 11.6. The molecule has 0 aliphatic carbocycles. The van der Waals surface area contributed by atoms with Crippen molar-refractivity contribution in [2.24, 2.45) is 0 Å². The molecule has 0 aromatic heterocycles. The van der Waals surface area contributed by atoms with Gasteiger partial charge in [0.15, 0.2) is 0 Å². The predicted octanol–water partition coefficient (Wildman–Crippen LogP) is -0.643. The molecule has 41 valence electrons. The second kappa shape index (κ2) is 2.58. The van der Waals surface area contributed by atoms with Crippen LogP contribution >= 0.6 is 0 Å². The third-order valence-electron chi connectivity index (χ3n) is 0.650. The zero-order valence-corrected chi connectivity index (χ0v) is 4.56. The number of nitrogens with zero attached hydrogens (tertiary/aromatic N) is 1. The molecule has 0 saturated heterocycles. The van der Waals surface area contributed by atoms with Crippen LogP contribution in [0, 0.1) is 0 Å².